The lowest BCUT2D eigenvalue weighted by Gasteiger charge is -2.25. The monoisotopic (exact) mass is 531 g/mol. The van der Waals surface area contributed by atoms with Crippen LogP contribution in [0.5, 0.6) is 11.5 Å². The Kier molecular flexibility index (Phi) is 7.94. The van der Waals surface area contributed by atoms with Crippen LogP contribution in [0.25, 0.3) is 0 Å². The molecule has 0 fully saturated rings. The van der Waals surface area contributed by atoms with Crippen molar-refractivity contribution in [3.05, 3.63) is 83.4 Å². The van der Waals surface area contributed by atoms with E-state index in [-0.39, 0.29) is 24.1 Å². The van der Waals surface area contributed by atoms with Gasteiger partial charge in [0.1, 0.15) is 11.5 Å². The Morgan fingerprint density at radius 3 is 2.35 bits per heavy atom. The van der Waals surface area contributed by atoms with Crippen LogP contribution in [0.15, 0.2) is 71.6 Å². The number of carbonyl (C=O) groups excluding carboxylic acids is 2. The van der Waals surface area contributed by atoms with E-state index in [2.05, 4.69) is 10.1 Å². The SMILES string of the molecule is COc1ccc(CNC(=O)c2ccc3c(c2)N(Cc2ccc(OC(F)(F)F)cc2)C(=O)[C@@H](N)CS3)cc1. The molecule has 0 unspecified atom stereocenters. The maximum atomic E-state index is 13.1. The van der Waals surface area contributed by atoms with Gasteiger partial charge in [-0.05, 0) is 53.6 Å². The fraction of sp³-hybridized carbons (Fsp3) is 0.231. The fourth-order valence-corrected chi connectivity index (χ4v) is 4.71. The number of halogens is 3. The molecule has 3 N–H and O–H groups in total. The van der Waals surface area contributed by atoms with Crippen molar-refractivity contribution in [1.29, 1.82) is 0 Å². The van der Waals surface area contributed by atoms with Gasteiger partial charge in [-0.25, -0.2) is 0 Å². The topological polar surface area (TPSA) is 93.9 Å². The Labute approximate surface area is 215 Å². The van der Waals surface area contributed by atoms with Crippen LogP contribution in [-0.4, -0.2) is 37.1 Å². The highest BCUT2D eigenvalue weighted by Crippen LogP contribution is 2.36. The first kappa shape index (κ1) is 26.4. The Bertz CT molecular complexity index is 1270. The minimum atomic E-state index is -4.80. The summed E-state index contributed by atoms with van der Waals surface area (Å²) in [4.78, 5) is 28.2. The summed E-state index contributed by atoms with van der Waals surface area (Å²) in [6.07, 6.45) is -4.80. The third kappa shape index (κ3) is 6.75. The highest BCUT2D eigenvalue weighted by Gasteiger charge is 2.32. The molecule has 1 atom stereocenters. The second-order valence-corrected chi connectivity index (χ2v) is 9.31. The van der Waals surface area contributed by atoms with E-state index in [1.165, 1.54) is 40.9 Å². The molecule has 7 nitrogen and oxygen atoms in total. The van der Waals surface area contributed by atoms with Gasteiger partial charge in [-0.15, -0.1) is 24.9 Å². The number of hydrogen-bond donors (Lipinski definition) is 2. The van der Waals surface area contributed by atoms with Gasteiger partial charge in [-0.3, -0.25) is 9.59 Å². The lowest BCUT2D eigenvalue weighted by atomic mass is 10.1. The van der Waals surface area contributed by atoms with E-state index >= 15 is 0 Å². The van der Waals surface area contributed by atoms with E-state index in [1.807, 2.05) is 12.1 Å². The Morgan fingerprint density at radius 2 is 1.70 bits per heavy atom. The average Bonchev–Trinajstić information content (AvgIpc) is 2.99. The first-order valence-electron chi connectivity index (χ1n) is 11.2. The summed E-state index contributed by atoms with van der Waals surface area (Å²) in [5.41, 5.74) is 8.41. The molecular formula is C26H24F3N3O4S. The van der Waals surface area contributed by atoms with Crippen LogP contribution in [0.2, 0.25) is 0 Å². The van der Waals surface area contributed by atoms with E-state index in [1.54, 1.807) is 37.4 Å². The maximum absolute atomic E-state index is 13.1. The van der Waals surface area contributed by atoms with Gasteiger partial charge in [0.2, 0.25) is 5.91 Å². The number of fused-ring (bicyclic) bond motifs is 1. The van der Waals surface area contributed by atoms with E-state index in [0.29, 0.717) is 34.9 Å². The zero-order chi connectivity index (χ0) is 26.6. The van der Waals surface area contributed by atoms with Crippen molar-refractivity contribution in [1.82, 2.24) is 5.32 Å². The van der Waals surface area contributed by atoms with Crippen LogP contribution < -0.4 is 25.4 Å². The molecule has 1 aliphatic rings. The third-order valence-corrected chi connectivity index (χ3v) is 6.81. The molecule has 3 aromatic carbocycles. The molecule has 4 rings (SSSR count). The molecular weight excluding hydrogens is 507 g/mol. The van der Waals surface area contributed by atoms with Crippen molar-refractivity contribution in [3.8, 4) is 11.5 Å². The van der Waals surface area contributed by atoms with Gasteiger partial charge in [0.25, 0.3) is 5.91 Å². The number of alkyl halides is 3. The summed E-state index contributed by atoms with van der Waals surface area (Å²) in [5.74, 6) is 0.0329. The van der Waals surface area contributed by atoms with Crippen molar-refractivity contribution < 1.29 is 32.2 Å². The zero-order valence-corrected chi connectivity index (χ0v) is 20.6. The predicted molar refractivity (Wildman–Crippen MR) is 134 cm³/mol. The second kappa shape index (κ2) is 11.1. The number of nitrogens with one attached hydrogen (secondary N) is 1. The van der Waals surface area contributed by atoms with Gasteiger partial charge in [-0.1, -0.05) is 24.3 Å². The third-order valence-electron chi connectivity index (χ3n) is 5.62. The Morgan fingerprint density at radius 1 is 1.05 bits per heavy atom. The number of hydrogen-bond acceptors (Lipinski definition) is 6. The molecule has 0 spiro atoms. The van der Waals surface area contributed by atoms with Crippen LogP contribution in [-0.2, 0) is 17.9 Å². The molecule has 0 aliphatic carbocycles. The van der Waals surface area contributed by atoms with Gasteiger partial charge >= 0.3 is 6.36 Å². The molecule has 0 aromatic heterocycles. The van der Waals surface area contributed by atoms with Crippen molar-refractivity contribution >= 4 is 29.3 Å². The molecule has 3 aromatic rings. The van der Waals surface area contributed by atoms with Crippen molar-refractivity contribution in [2.24, 2.45) is 5.73 Å². The van der Waals surface area contributed by atoms with Gasteiger partial charge in [0.05, 0.1) is 25.4 Å². The van der Waals surface area contributed by atoms with Gasteiger partial charge in [-0.2, -0.15) is 0 Å². The first-order valence-corrected chi connectivity index (χ1v) is 12.2. The van der Waals surface area contributed by atoms with E-state index in [0.717, 1.165) is 10.5 Å². The Balaban J connectivity index is 1.54. The molecule has 37 heavy (non-hydrogen) atoms. The standard InChI is InChI=1S/C26H24F3N3O4S/c1-35-19-7-2-16(3-8-19)13-31-24(33)18-6-11-23-22(12-18)32(25(34)21(30)15-37-23)14-17-4-9-20(10-5-17)36-26(27,28)29/h2-12,21H,13-15,30H2,1H3,(H,31,33)/t21-/m0/s1. The van der Waals surface area contributed by atoms with E-state index in [4.69, 9.17) is 10.5 Å². The smallest absolute Gasteiger partial charge is 0.497 e. The van der Waals surface area contributed by atoms with Crippen LogP contribution >= 0.6 is 11.8 Å². The number of anilines is 1. The number of ether oxygens (including phenoxy) is 2. The van der Waals surface area contributed by atoms with Crippen LogP contribution in [0.1, 0.15) is 21.5 Å². The van der Waals surface area contributed by atoms with E-state index in [9.17, 15) is 22.8 Å². The molecule has 0 saturated carbocycles. The molecule has 194 valence electrons. The van der Waals surface area contributed by atoms with Crippen molar-refractivity contribution in [3.63, 3.8) is 0 Å². The molecule has 0 saturated heterocycles. The van der Waals surface area contributed by atoms with E-state index < -0.39 is 12.4 Å². The highest BCUT2D eigenvalue weighted by molar-refractivity contribution is 7.99. The largest absolute Gasteiger partial charge is 0.573 e. The number of thioether (sulfide) groups is 1. The zero-order valence-electron chi connectivity index (χ0n) is 19.7. The summed E-state index contributed by atoms with van der Waals surface area (Å²) < 4.78 is 46.5. The minimum Gasteiger partial charge on any atom is -0.497 e. The number of nitrogens with two attached hydrogens (primary N) is 1. The lowest BCUT2D eigenvalue weighted by Crippen LogP contribution is -2.44. The van der Waals surface area contributed by atoms with Crippen LogP contribution in [0, 0.1) is 0 Å². The van der Waals surface area contributed by atoms with Crippen LogP contribution in [0.4, 0.5) is 18.9 Å². The normalized spacial score (nSPS) is 15.5. The average molecular weight is 532 g/mol. The van der Waals surface area contributed by atoms with Gasteiger partial charge < -0.3 is 25.4 Å². The molecule has 11 heteroatoms. The summed E-state index contributed by atoms with van der Waals surface area (Å²) >= 11 is 1.40. The number of amides is 2. The lowest BCUT2D eigenvalue weighted by molar-refractivity contribution is -0.274. The molecule has 1 aliphatic heterocycles. The minimum absolute atomic E-state index is 0.0588. The Hall–Kier alpha value is -3.70. The summed E-state index contributed by atoms with van der Waals surface area (Å²) in [7, 11) is 1.58. The van der Waals surface area contributed by atoms with Crippen molar-refractivity contribution in [2.75, 3.05) is 17.8 Å². The number of nitrogens with zero attached hydrogens (tertiary/aromatic N) is 1. The summed E-state index contributed by atoms with van der Waals surface area (Å²) in [6.45, 7) is 0.359. The highest BCUT2D eigenvalue weighted by atomic mass is 32.2. The number of benzene rings is 3. The van der Waals surface area contributed by atoms with Gasteiger partial charge in [0, 0.05) is 22.8 Å². The van der Waals surface area contributed by atoms with Crippen LogP contribution in [0.3, 0.4) is 0 Å². The van der Waals surface area contributed by atoms with Crippen molar-refractivity contribution in [2.45, 2.75) is 30.4 Å². The quantitative estimate of drug-likeness (QED) is 0.467. The molecule has 1 heterocycles. The second-order valence-electron chi connectivity index (χ2n) is 8.25. The first-order chi connectivity index (χ1) is 17.6. The summed E-state index contributed by atoms with van der Waals surface area (Å²) in [5, 5.41) is 2.86. The maximum Gasteiger partial charge on any atom is 0.573 e. The number of rotatable bonds is 7. The number of carbonyl (C=O) groups is 2. The number of methoxy groups -OCH3 is 1. The summed E-state index contributed by atoms with van der Waals surface area (Å²) in [6, 6.07) is 16.9. The van der Waals surface area contributed by atoms with Gasteiger partial charge in [0.15, 0.2) is 0 Å². The molecule has 2 amide bonds. The molecule has 0 radical (unpaired) electrons. The fourth-order valence-electron chi connectivity index (χ4n) is 3.73. The predicted octanol–water partition coefficient (Wildman–Crippen LogP) is 4.49. The molecule has 0 bridgehead atoms.